The minimum absolute atomic E-state index is 0.327. The Kier molecular flexibility index (Phi) is 2.59. The van der Waals surface area contributed by atoms with Gasteiger partial charge in [0.15, 0.2) is 0 Å². The fraction of sp³-hybridized carbons (Fsp3) is 0.231. The molecule has 1 heterocycles. The number of para-hydroxylation sites is 1. The number of nitrogens with two attached hydrogens (primary N) is 1. The molecule has 1 aromatic rings. The molecule has 0 unspecified atom stereocenters. The van der Waals surface area contributed by atoms with Crippen molar-refractivity contribution in [2.75, 3.05) is 4.90 Å². The van der Waals surface area contributed by atoms with E-state index in [1.807, 2.05) is 26.0 Å². The maximum absolute atomic E-state index is 11.6. The number of carbonyl (C=O) groups excluding carboxylic acids is 2. The van der Waals surface area contributed by atoms with Crippen molar-refractivity contribution >= 4 is 17.5 Å². The van der Waals surface area contributed by atoms with Crippen LogP contribution >= 0.6 is 0 Å². The lowest BCUT2D eigenvalue weighted by molar-refractivity contribution is -0.119. The fourth-order valence-corrected chi connectivity index (χ4v) is 1.85. The van der Waals surface area contributed by atoms with E-state index in [1.54, 1.807) is 12.1 Å². The van der Waals surface area contributed by atoms with Gasteiger partial charge in [-0.05, 0) is 25.5 Å². The van der Waals surface area contributed by atoms with Crippen LogP contribution in [0.4, 0.5) is 5.69 Å². The molecule has 0 spiro atoms. The van der Waals surface area contributed by atoms with Gasteiger partial charge in [-0.1, -0.05) is 18.2 Å². The topological polar surface area (TPSA) is 63.4 Å². The Hall–Kier alpha value is -1.94. The van der Waals surface area contributed by atoms with Crippen molar-refractivity contribution in [3.63, 3.8) is 0 Å². The molecule has 0 aromatic heterocycles. The standard InChI is InChI=1S/C13H14N2O2/c1-13(2,14)9-5-3-4-6-10(9)15-11(16)7-8-12(15)17/h3-8H,14H2,1-2H3. The van der Waals surface area contributed by atoms with Gasteiger partial charge in [-0.2, -0.15) is 0 Å². The second-order valence-corrected chi connectivity index (χ2v) is 4.58. The van der Waals surface area contributed by atoms with Crippen molar-refractivity contribution in [1.82, 2.24) is 0 Å². The lowest BCUT2D eigenvalue weighted by Crippen LogP contribution is -2.35. The number of anilines is 1. The van der Waals surface area contributed by atoms with E-state index < -0.39 is 5.54 Å². The molecule has 1 aliphatic rings. The van der Waals surface area contributed by atoms with Gasteiger partial charge in [0.2, 0.25) is 0 Å². The van der Waals surface area contributed by atoms with Gasteiger partial charge in [0.1, 0.15) is 0 Å². The Morgan fingerprint density at radius 2 is 1.59 bits per heavy atom. The second-order valence-electron chi connectivity index (χ2n) is 4.58. The molecular formula is C13H14N2O2. The lowest BCUT2D eigenvalue weighted by Gasteiger charge is -2.26. The predicted octanol–water partition coefficient (Wildman–Crippen LogP) is 1.31. The van der Waals surface area contributed by atoms with Gasteiger partial charge in [-0.25, -0.2) is 4.90 Å². The van der Waals surface area contributed by atoms with E-state index >= 15 is 0 Å². The van der Waals surface area contributed by atoms with Gasteiger partial charge in [0.25, 0.3) is 11.8 Å². The van der Waals surface area contributed by atoms with Gasteiger partial charge in [-0.15, -0.1) is 0 Å². The van der Waals surface area contributed by atoms with Crippen LogP contribution in [0.15, 0.2) is 36.4 Å². The van der Waals surface area contributed by atoms with Crippen LogP contribution in [0.1, 0.15) is 19.4 Å². The zero-order valence-electron chi connectivity index (χ0n) is 9.81. The third kappa shape index (κ3) is 1.99. The van der Waals surface area contributed by atoms with E-state index in [0.717, 1.165) is 10.5 Å². The highest BCUT2D eigenvalue weighted by Gasteiger charge is 2.30. The summed E-state index contributed by atoms with van der Waals surface area (Å²) in [6.07, 6.45) is 2.53. The Labute approximate surface area is 99.7 Å². The summed E-state index contributed by atoms with van der Waals surface area (Å²) in [4.78, 5) is 24.4. The fourth-order valence-electron chi connectivity index (χ4n) is 1.85. The summed E-state index contributed by atoms with van der Waals surface area (Å²) in [7, 11) is 0. The van der Waals surface area contributed by atoms with Crippen molar-refractivity contribution in [2.45, 2.75) is 19.4 Å². The van der Waals surface area contributed by atoms with Crippen LogP contribution in [0, 0.1) is 0 Å². The Morgan fingerprint density at radius 1 is 1.06 bits per heavy atom. The first-order valence-electron chi connectivity index (χ1n) is 5.36. The number of benzene rings is 1. The number of nitrogens with zero attached hydrogens (tertiary/aromatic N) is 1. The predicted molar refractivity (Wildman–Crippen MR) is 65.3 cm³/mol. The minimum atomic E-state index is -0.611. The molecule has 1 aromatic carbocycles. The van der Waals surface area contributed by atoms with Crippen LogP contribution < -0.4 is 10.6 Å². The van der Waals surface area contributed by atoms with Crippen molar-refractivity contribution in [3.05, 3.63) is 42.0 Å². The van der Waals surface area contributed by atoms with Gasteiger partial charge in [-0.3, -0.25) is 9.59 Å². The van der Waals surface area contributed by atoms with Crippen molar-refractivity contribution < 1.29 is 9.59 Å². The molecule has 4 heteroatoms. The van der Waals surface area contributed by atoms with Gasteiger partial charge in [0, 0.05) is 17.7 Å². The van der Waals surface area contributed by atoms with Crippen LogP contribution in [0.2, 0.25) is 0 Å². The van der Waals surface area contributed by atoms with E-state index in [4.69, 9.17) is 5.73 Å². The number of carbonyl (C=O) groups is 2. The molecule has 2 rings (SSSR count). The summed E-state index contributed by atoms with van der Waals surface area (Å²) >= 11 is 0. The van der Waals surface area contributed by atoms with Crippen LogP contribution in [0.5, 0.6) is 0 Å². The number of hydrogen-bond acceptors (Lipinski definition) is 3. The highest BCUT2D eigenvalue weighted by atomic mass is 16.2. The highest BCUT2D eigenvalue weighted by Crippen LogP contribution is 2.30. The molecule has 0 fully saturated rings. The van der Waals surface area contributed by atoms with Crippen LogP contribution in [-0.2, 0) is 15.1 Å². The first-order chi connectivity index (χ1) is 7.91. The SMILES string of the molecule is CC(C)(N)c1ccccc1N1C(=O)C=CC1=O. The number of imide groups is 1. The third-order valence-electron chi connectivity index (χ3n) is 2.65. The molecule has 0 radical (unpaired) electrons. The monoisotopic (exact) mass is 230 g/mol. The first-order valence-corrected chi connectivity index (χ1v) is 5.36. The molecule has 2 N–H and O–H groups in total. The number of hydrogen-bond donors (Lipinski definition) is 1. The lowest BCUT2D eigenvalue weighted by atomic mass is 9.93. The summed E-state index contributed by atoms with van der Waals surface area (Å²) < 4.78 is 0. The summed E-state index contributed by atoms with van der Waals surface area (Å²) in [6, 6.07) is 7.18. The molecule has 0 saturated carbocycles. The van der Waals surface area contributed by atoms with Gasteiger partial charge >= 0.3 is 0 Å². The number of amides is 2. The first kappa shape index (κ1) is 11.5. The Morgan fingerprint density at radius 3 is 2.12 bits per heavy atom. The average molecular weight is 230 g/mol. The average Bonchev–Trinajstić information content (AvgIpc) is 2.57. The number of rotatable bonds is 2. The van der Waals surface area contributed by atoms with Gasteiger partial charge < -0.3 is 5.73 Å². The van der Waals surface area contributed by atoms with Crippen LogP contribution in [0.25, 0.3) is 0 Å². The molecule has 2 amide bonds. The van der Waals surface area contributed by atoms with Gasteiger partial charge in [0.05, 0.1) is 5.69 Å². The highest BCUT2D eigenvalue weighted by molar-refractivity contribution is 6.28. The third-order valence-corrected chi connectivity index (χ3v) is 2.65. The summed E-state index contributed by atoms with van der Waals surface area (Å²) in [5, 5.41) is 0. The van der Waals surface area contributed by atoms with E-state index in [0.29, 0.717) is 5.69 Å². The smallest absolute Gasteiger partial charge is 0.258 e. The second kappa shape index (κ2) is 3.82. The molecule has 88 valence electrons. The van der Waals surface area contributed by atoms with Crippen molar-refractivity contribution in [1.29, 1.82) is 0 Å². The van der Waals surface area contributed by atoms with E-state index in [9.17, 15) is 9.59 Å². The Balaban J connectivity index is 2.53. The molecule has 0 atom stereocenters. The largest absolute Gasteiger partial charge is 0.322 e. The quantitative estimate of drug-likeness (QED) is 0.779. The zero-order valence-corrected chi connectivity index (χ0v) is 9.81. The summed E-state index contributed by atoms with van der Waals surface area (Å²) in [5.41, 5.74) is 6.76. The molecule has 0 aliphatic carbocycles. The molecular weight excluding hydrogens is 216 g/mol. The molecule has 0 saturated heterocycles. The summed E-state index contributed by atoms with van der Waals surface area (Å²) in [6.45, 7) is 3.68. The van der Waals surface area contributed by atoms with E-state index in [2.05, 4.69) is 0 Å². The van der Waals surface area contributed by atoms with E-state index in [1.165, 1.54) is 12.2 Å². The maximum atomic E-state index is 11.6. The minimum Gasteiger partial charge on any atom is -0.322 e. The Bertz CT molecular complexity index is 494. The van der Waals surface area contributed by atoms with Crippen LogP contribution in [-0.4, -0.2) is 11.8 Å². The van der Waals surface area contributed by atoms with Crippen molar-refractivity contribution in [3.8, 4) is 0 Å². The normalized spacial score (nSPS) is 15.8. The summed E-state index contributed by atoms with van der Waals surface area (Å²) in [5.74, 6) is -0.654. The molecule has 17 heavy (non-hydrogen) atoms. The van der Waals surface area contributed by atoms with E-state index in [-0.39, 0.29) is 11.8 Å². The molecule has 4 nitrogen and oxygen atoms in total. The van der Waals surface area contributed by atoms with Crippen LogP contribution in [0.3, 0.4) is 0 Å². The molecule has 0 bridgehead atoms. The zero-order chi connectivity index (χ0) is 12.6. The maximum Gasteiger partial charge on any atom is 0.258 e. The molecule has 1 aliphatic heterocycles. The van der Waals surface area contributed by atoms with Crippen molar-refractivity contribution in [2.24, 2.45) is 5.73 Å².